The maximum atomic E-state index is 11.8. The molecule has 0 saturated heterocycles. The lowest BCUT2D eigenvalue weighted by atomic mass is 10.0. The van der Waals surface area contributed by atoms with E-state index < -0.39 is 9.84 Å². The zero-order valence-corrected chi connectivity index (χ0v) is 12.0. The molecule has 1 aromatic carbocycles. The first-order valence-corrected chi connectivity index (χ1v) is 7.79. The highest BCUT2D eigenvalue weighted by molar-refractivity contribution is 7.90. The van der Waals surface area contributed by atoms with Crippen LogP contribution < -0.4 is 10.5 Å². The van der Waals surface area contributed by atoms with Gasteiger partial charge in [0.25, 0.3) is 0 Å². The summed E-state index contributed by atoms with van der Waals surface area (Å²) < 4.78 is 28.8. The highest BCUT2D eigenvalue weighted by Crippen LogP contribution is 2.25. The molecule has 0 atom stereocenters. The van der Waals surface area contributed by atoms with Gasteiger partial charge in [-0.3, -0.25) is 0 Å². The molecular formula is C13H21NO3S. The van der Waals surface area contributed by atoms with Crippen LogP contribution in [0.5, 0.6) is 5.75 Å². The monoisotopic (exact) mass is 271 g/mol. The van der Waals surface area contributed by atoms with Crippen LogP contribution in [0.2, 0.25) is 0 Å². The number of ether oxygens (including phenoxy) is 1. The van der Waals surface area contributed by atoms with Crippen molar-refractivity contribution in [3.8, 4) is 5.75 Å². The molecule has 0 aliphatic heterocycles. The number of rotatable bonds is 6. The van der Waals surface area contributed by atoms with E-state index in [4.69, 9.17) is 10.5 Å². The molecule has 0 aliphatic rings. The van der Waals surface area contributed by atoms with Gasteiger partial charge >= 0.3 is 0 Å². The van der Waals surface area contributed by atoms with Crippen LogP contribution in [0, 0.1) is 0 Å². The van der Waals surface area contributed by atoms with Crippen LogP contribution in [0.25, 0.3) is 0 Å². The standard InChI is InChI=1S/C13H21NO3S/c1-10(2)11-4-5-13(17-3)12(8-11)9-18(15,16)7-6-14/h4-5,8,10H,6-7,9,14H2,1-3H3. The van der Waals surface area contributed by atoms with Gasteiger partial charge in [-0.05, 0) is 17.5 Å². The van der Waals surface area contributed by atoms with Crippen molar-refractivity contribution in [1.29, 1.82) is 0 Å². The highest BCUT2D eigenvalue weighted by Gasteiger charge is 2.15. The van der Waals surface area contributed by atoms with Crippen LogP contribution in [0.3, 0.4) is 0 Å². The summed E-state index contributed by atoms with van der Waals surface area (Å²) in [6.07, 6.45) is 0. The van der Waals surface area contributed by atoms with E-state index in [0.717, 1.165) is 5.56 Å². The molecule has 0 bridgehead atoms. The zero-order valence-electron chi connectivity index (χ0n) is 11.1. The lowest BCUT2D eigenvalue weighted by Crippen LogP contribution is -2.17. The molecule has 0 amide bonds. The van der Waals surface area contributed by atoms with Gasteiger partial charge in [0.2, 0.25) is 0 Å². The van der Waals surface area contributed by atoms with E-state index in [2.05, 4.69) is 13.8 Å². The smallest absolute Gasteiger partial charge is 0.155 e. The predicted molar refractivity (Wildman–Crippen MR) is 73.6 cm³/mol. The van der Waals surface area contributed by atoms with Crippen molar-refractivity contribution in [3.63, 3.8) is 0 Å². The minimum absolute atomic E-state index is 0.00204. The molecule has 4 nitrogen and oxygen atoms in total. The quantitative estimate of drug-likeness (QED) is 0.855. The number of nitrogens with two attached hydrogens (primary N) is 1. The molecule has 0 heterocycles. The summed E-state index contributed by atoms with van der Waals surface area (Å²) in [6, 6.07) is 5.68. The van der Waals surface area contributed by atoms with Gasteiger partial charge in [-0.25, -0.2) is 8.42 Å². The third-order valence-electron chi connectivity index (χ3n) is 2.78. The molecule has 1 rings (SSSR count). The van der Waals surface area contributed by atoms with Gasteiger partial charge in [0.15, 0.2) is 9.84 Å². The Morgan fingerprint density at radius 3 is 2.50 bits per heavy atom. The van der Waals surface area contributed by atoms with Gasteiger partial charge in [0.1, 0.15) is 5.75 Å². The molecule has 102 valence electrons. The van der Waals surface area contributed by atoms with Gasteiger partial charge in [-0.15, -0.1) is 0 Å². The van der Waals surface area contributed by atoms with E-state index in [-0.39, 0.29) is 18.1 Å². The van der Waals surface area contributed by atoms with E-state index in [1.54, 1.807) is 7.11 Å². The number of hydrogen-bond acceptors (Lipinski definition) is 4. The Hall–Kier alpha value is -1.07. The molecule has 0 aliphatic carbocycles. The Morgan fingerprint density at radius 2 is 2.00 bits per heavy atom. The number of hydrogen-bond donors (Lipinski definition) is 1. The van der Waals surface area contributed by atoms with E-state index in [1.165, 1.54) is 0 Å². The van der Waals surface area contributed by atoms with Crippen LogP contribution in [0.4, 0.5) is 0 Å². The summed E-state index contributed by atoms with van der Waals surface area (Å²) in [4.78, 5) is 0. The lowest BCUT2D eigenvalue weighted by Gasteiger charge is -2.13. The summed E-state index contributed by atoms with van der Waals surface area (Å²) in [5.41, 5.74) is 7.12. The second kappa shape index (κ2) is 6.20. The zero-order chi connectivity index (χ0) is 13.8. The maximum Gasteiger partial charge on any atom is 0.155 e. The summed E-state index contributed by atoms with van der Waals surface area (Å²) in [6.45, 7) is 4.29. The van der Waals surface area contributed by atoms with Crippen LogP contribution in [-0.4, -0.2) is 27.8 Å². The topological polar surface area (TPSA) is 69.4 Å². The molecule has 5 heteroatoms. The van der Waals surface area contributed by atoms with Crippen molar-refractivity contribution in [2.24, 2.45) is 5.73 Å². The Balaban J connectivity index is 3.09. The van der Waals surface area contributed by atoms with Crippen LogP contribution in [0.1, 0.15) is 30.9 Å². The third-order valence-corrected chi connectivity index (χ3v) is 4.38. The van der Waals surface area contributed by atoms with Gasteiger partial charge in [0, 0.05) is 12.1 Å². The first-order valence-electron chi connectivity index (χ1n) is 5.97. The van der Waals surface area contributed by atoms with E-state index in [1.807, 2.05) is 18.2 Å². The second-order valence-corrected chi connectivity index (χ2v) is 6.79. The van der Waals surface area contributed by atoms with E-state index >= 15 is 0 Å². The number of benzene rings is 1. The summed E-state index contributed by atoms with van der Waals surface area (Å²) in [7, 11) is -1.62. The van der Waals surface area contributed by atoms with Crippen molar-refractivity contribution in [2.75, 3.05) is 19.4 Å². The summed E-state index contributed by atoms with van der Waals surface area (Å²) in [5, 5.41) is 0. The predicted octanol–water partition coefficient (Wildman–Crippen LogP) is 1.69. The molecule has 0 saturated carbocycles. The average Bonchev–Trinajstić information content (AvgIpc) is 2.28. The molecule has 0 aromatic heterocycles. The molecule has 1 aromatic rings. The first-order chi connectivity index (χ1) is 8.39. The molecule has 0 radical (unpaired) electrons. The third kappa shape index (κ3) is 3.99. The molecule has 18 heavy (non-hydrogen) atoms. The van der Waals surface area contributed by atoms with E-state index in [0.29, 0.717) is 17.2 Å². The highest BCUT2D eigenvalue weighted by atomic mass is 32.2. The number of methoxy groups -OCH3 is 1. The van der Waals surface area contributed by atoms with Crippen LogP contribution >= 0.6 is 0 Å². The summed E-state index contributed by atoms with van der Waals surface area (Å²) in [5.74, 6) is 0.947. The Morgan fingerprint density at radius 1 is 1.33 bits per heavy atom. The van der Waals surface area contributed by atoms with Crippen LogP contribution in [-0.2, 0) is 15.6 Å². The van der Waals surface area contributed by atoms with Crippen molar-refractivity contribution < 1.29 is 13.2 Å². The molecule has 0 unspecified atom stereocenters. The lowest BCUT2D eigenvalue weighted by molar-refractivity contribution is 0.410. The maximum absolute atomic E-state index is 11.8. The Kier molecular flexibility index (Phi) is 5.16. The number of sulfone groups is 1. The van der Waals surface area contributed by atoms with Crippen molar-refractivity contribution in [3.05, 3.63) is 29.3 Å². The Bertz CT molecular complexity index is 495. The van der Waals surface area contributed by atoms with Gasteiger partial charge in [0.05, 0.1) is 18.6 Å². The minimum Gasteiger partial charge on any atom is -0.496 e. The van der Waals surface area contributed by atoms with Crippen molar-refractivity contribution in [1.82, 2.24) is 0 Å². The van der Waals surface area contributed by atoms with Crippen molar-refractivity contribution in [2.45, 2.75) is 25.5 Å². The molecule has 0 fully saturated rings. The average molecular weight is 271 g/mol. The minimum atomic E-state index is -3.16. The second-order valence-electron chi connectivity index (χ2n) is 4.61. The van der Waals surface area contributed by atoms with Gasteiger partial charge in [-0.1, -0.05) is 26.0 Å². The van der Waals surface area contributed by atoms with Crippen LogP contribution in [0.15, 0.2) is 18.2 Å². The molecule has 2 N–H and O–H groups in total. The first kappa shape index (κ1) is 15.0. The fourth-order valence-corrected chi connectivity index (χ4v) is 2.96. The van der Waals surface area contributed by atoms with Crippen molar-refractivity contribution >= 4 is 9.84 Å². The summed E-state index contributed by atoms with van der Waals surface area (Å²) >= 11 is 0. The molecule has 0 spiro atoms. The fraction of sp³-hybridized carbons (Fsp3) is 0.538. The Labute approximate surface area is 109 Å². The van der Waals surface area contributed by atoms with Gasteiger partial charge < -0.3 is 10.5 Å². The fourth-order valence-electron chi connectivity index (χ4n) is 1.76. The normalized spacial score (nSPS) is 11.8. The SMILES string of the molecule is COc1ccc(C(C)C)cc1CS(=O)(=O)CCN. The molecular weight excluding hydrogens is 250 g/mol. The van der Waals surface area contributed by atoms with Gasteiger partial charge in [-0.2, -0.15) is 0 Å². The van der Waals surface area contributed by atoms with E-state index in [9.17, 15) is 8.42 Å². The largest absolute Gasteiger partial charge is 0.496 e.